The molecule has 186 valence electrons. The molecule has 0 aliphatic carbocycles. The third kappa shape index (κ3) is 3.92. The number of ether oxygens (including phenoxy) is 2. The Hall–Kier alpha value is -3.43. The number of fused-ring (bicyclic) bond motifs is 4. The smallest absolute Gasteiger partial charge is 0.261 e. The van der Waals surface area contributed by atoms with Gasteiger partial charge in [0.2, 0.25) is 0 Å². The fourth-order valence-electron chi connectivity index (χ4n) is 4.83. The van der Waals surface area contributed by atoms with E-state index in [4.69, 9.17) is 19.6 Å². The zero-order valence-corrected chi connectivity index (χ0v) is 21.7. The number of nitrogens with one attached hydrogen (secondary N) is 1. The van der Waals surface area contributed by atoms with Crippen molar-refractivity contribution in [2.24, 2.45) is 0 Å². The molecule has 0 unspecified atom stereocenters. The minimum atomic E-state index is -0.264. The van der Waals surface area contributed by atoms with Crippen LogP contribution >= 0.6 is 11.8 Å². The lowest BCUT2D eigenvalue weighted by molar-refractivity contribution is 0.0512. The molecule has 7 nitrogen and oxygen atoms in total. The van der Waals surface area contributed by atoms with Crippen molar-refractivity contribution in [3.63, 3.8) is 0 Å². The predicted molar refractivity (Wildman–Crippen MR) is 142 cm³/mol. The molecular weight excluding hydrogens is 479 g/mol. The first-order valence-electron chi connectivity index (χ1n) is 11.8. The molecule has 3 aromatic heterocycles. The SMILES string of the molecule is CCSc1nc2c(C)c(-c3cc(OCOC)cc4ccc(F)c(CC)c34)n3nc(C)cc3c2c(=O)[nH]1. The highest BCUT2D eigenvalue weighted by atomic mass is 32.2. The Morgan fingerprint density at radius 1 is 1.14 bits per heavy atom. The molecule has 0 radical (unpaired) electrons. The number of methoxy groups -OCH3 is 1. The summed E-state index contributed by atoms with van der Waals surface area (Å²) in [5, 5.41) is 7.42. The van der Waals surface area contributed by atoms with Crippen molar-refractivity contribution < 1.29 is 13.9 Å². The minimum Gasteiger partial charge on any atom is -0.468 e. The highest BCUT2D eigenvalue weighted by Gasteiger charge is 2.23. The average molecular weight is 507 g/mol. The fourth-order valence-corrected chi connectivity index (χ4v) is 5.43. The summed E-state index contributed by atoms with van der Waals surface area (Å²) in [4.78, 5) is 20.9. The van der Waals surface area contributed by atoms with Crippen LogP contribution in [0.2, 0.25) is 0 Å². The van der Waals surface area contributed by atoms with Crippen molar-refractivity contribution >= 4 is 39.0 Å². The van der Waals surface area contributed by atoms with Crippen LogP contribution < -0.4 is 10.3 Å². The highest BCUT2D eigenvalue weighted by Crippen LogP contribution is 2.40. The summed E-state index contributed by atoms with van der Waals surface area (Å²) >= 11 is 1.47. The molecule has 3 heterocycles. The second-order valence-electron chi connectivity index (χ2n) is 8.58. The van der Waals surface area contributed by atoms with E-state index in [1.807, 2.05) is 45.9 Å². The summed E-state index contributed by atoms with van der Waals surface area (Å²) in [7, 11) is 1.56. The van der Waals surface area contributed by atoms with E-state index in [0.29, 0.717) is 39.3 Å². The normalized spacial score (nSPS) is 11.7. The van der Waals surface area contributed by atoms with Crippen molar-refractivity contribution in [2.75, 3.05) is 19.7 Å². The maximum Gasteiger partial charge on any atom is 0.261 e. The van der Waals surface area contributed by atoms with Gasteiger partial charge in [-0.1, -0.05) is 31.7 Å². The van der Waals surface area contributed by atoms with Gasteiger partial charge < -0.3 is 14.5 Å². The number of hydrogen-bond acceptors (Lipinski definition) is 6. The number of pyridine rings is 1. The van der Waals surface area contributed by atoms with Gasteiger partial charge in [-0.15, -0.1) is 0 Å². The summed E-state index contributed by atoms with van der Waals surface area (Å²) in [5.41, 5.74) is 4.68. The first-order chi connectivity index (χ1) is 17.4. The molecule has 2 aromatic carbocycles. The Labute approximate surface area is 211 Å². The van der Waals surface area contributed by atoms with Crippen LogP contribution in [0.25, 0.3) is 38.4 Å². The number of benzene rings is 2. The van der Waals surface area contributed by atoms with Gasteiger partial charge in [0.15, 0.2) is 11.9 Å². The van der Waals surface area contributed by atoms with E-state index in [-0.39, 0.29) is 18.2 Å². The van der Waals surface area contributed by atoms with Gasteiger partial charge in [-0.2, -0.15) is 5.10 Å². The molecule has 5 aromatic rings. The Morgan fingerprint density at radius 3 is 2.67 bits per heavy atom. The number of aromatic nitrogens is 4. The molecule has 5 rings (SSSR count). The van der Waals surface area contributed by atoms with Crippen molar-refractivity contribution in [3.8, 4) is 17.0 Å². The van der Waals surface area contributed by atoms with Crippen LogP contribution in [-0.2, 0) is 11.2 Å². The number of halogens is 1. The van der Waals surface area contributed by atoms with Gasteiger partial charge in [0, 0.05) is 18.2 Å². The summed E-state index contributed by atoms with van der Waals surface area (Å²) in [5.74, 6) is 1.10. The van der Waals surface area contributed by atoms with Gasteiger partial charge in [-0.25, -0.2) is 13.9 Å². The number of H-pyrrole nitrogens is 1. The second-order valence-corrected chi connectivity index (χ2v) is 9.84. The van der Waals surface area contributed by atoms with E-state index in [1.54, 1.807) is 17.7 Å². The minimum absolute atomic E-state index is 0.0777. The topological polar surface area (TPSA) is 81.5 Å². The van der Waals surface area contributed by atoms with Crippen molar-refractivity contribution in [2.45, 2.75) is 39.3 Å². The zero-order valence-electron chi connectivity index (χ0n) is 20.9. The van der Waals surface area contributed by atoms with Crippen molar-refractivity contribution in [1.82, 2.24) is 19.6 Å². The lowest BCUT2D eigenvalue weighted by Crippen LogP contribution is -2.13. The predicted octanol–water partition coefficient (Wildman–Crippen LogP) is 5.80. The molecule has 0 bridgehead atoms. The molecule has 0 atom stereocenters. The van der Waals surface area contributed by atoms with Crippen molar-refractivity contribution in [3.05, 3.63) is 63.3 Å². The van der Waals surface area contributed by atoms with Gasteiger partial charge in [0.05, 0.1) is 27.8 Å². The summed E-state index contributed by atoms with van der Waals surface area (Å²) < 4.78 is 27.8. The second kappa shape index (κ2) is 9.55. The van der Waals surface area contributed by atoms with Crippen LogP contribution in [0, 0.1) is 19.7 Å². The van der Waals surface area contributed by atoms with E-state index in [0.717, 1.165) is 39.0 Å². The molecule has 36 heavy (non-hydrogen) atoms. The van der Waals surface area contributed by atoms with Gasteiger partial charge in [-0.3, -0.25) is 4.79 Å². The number of aromatic amines is 1. The molecule has 0 aliphatic heterocycles. The first-order valence-corrected chi connectivity index (χ1v) is 12.8. The molecular formula is C27H27FN4O3S. The van der Waals surface area contributed by atoms with Crippen LogP contribution in [0.3, 0.4) is 0 Å². The van der Waals surface area contributed by atoms with Gasteiger partial charge in [0.25, 0.3) is 5.56 Å². The lowest BCUT2D eigenvalue weighted by atomic mass is 9.93. The van der Waals surface area contributed by atoms with Crippen molar-refractivity contribution in [1.29, 1.82) is 0 Å². The monoisotopic (exact) mass is 506 g/mol. The summed E-state index contributed by atoms with van der Waals surface area (Å²) in [6, 6.07) is 8.90. The van der Waals surface area contributed by atoms with Crippen LogP contribution in [0.1, 0.15) is 30.7 Å². The molecule has 0 amide bonds. The van der Waals surface area contributed by atoms with E-state index < -0.39 is 0 Å². The maximum atomic E-state index is 15.0. The largest absolute Gasteiger partial charge is 0.468 e. The van der Waals surface area contributed by atoms with Gasteiger partial charge in [0.1, 0.15) is 11.6 Å². The van der Waals surface area contributed by atoms with Crippen LogP contribution in [0.5, 0.6) is 5.75 Å². The number of hydrogen-bond donors (Lipinski definition) is 1. The van der Waals surface area contributed by atoms with E-state index in [1.165, 1.54) is 17.8 Å². The lowest BCUT2D eigenvalue weighted by Gasteiger charge is -2.18. The fraction of sp³-hybridized carbons (Fsp3) is 0.296. The van der Waals surface area contributed by atoms with E-state index in [2.05, 4.69) is 4.98 Å². The average Bonchev–Trinajstić information content (AvgIpc) is 3.23. The quantitative estimate of drug-likeness (QED) is 0.171. The number of nitrogens with zero attached hydrogens (tertiary/aromatic N) is 3. The molecule has 9 heteroatoms. The zero-order chi connectivity index (χ0) is 25.6. The number of aryl methyl sites for hydroxylation is 3. The van der Waals surface area contributed by atoms with Crippen LogP contribution in [0.15, 0.2) is 40.3 Å². The molecule has 0 spiro atoms. The molecule has 1 N–H and O–H groups in total. The Kier molecular flexibility index (Phi) is 6.44. The third-order valence-corrected chi connectivity index (χ3v) is 7.04. The van der Waals surface area contributed by atoms with Gasteiger partial charge >= 0.3 is 0 Å². The molecule has 0 saturated heterocycles. The summed E-state index contributed by atoms with van der Waals surface area (Å²) in [6.45, 7) is 7.84. The highest BCUT2D eigenvalue weighted by molar-refractivity contribution is 7.99. The Balaban J connectivity index is 1.98. The summed E-state index contributed by atoms with van der Waals surface area (Å²) in [6.07, 6.45) is 0.511. The number of rotatable bonds is 7. The Bertz CT molecular complexity index is 1690. The van der Waals surface area contributed by atoms with Crippen LogP contribution in [0.4, 0.5) is 4.39 Å². The van der Waals surface area contributed by atoms with Crippen LogP contribution in [-0.4, -0.2) is 39.2 Å². The molecule has 0 saturated carbocycles. The van der Waals surface area contributed by atoms with E-state index in [9.17, 15) is 4.79 Å². The number of thioether (sulfide) groups is 1. The first kappa shape index (κ1) is 24.3. The molecule has 0 aliphatic rings. The van der Waals surface area contributed by atoms with Gasteiger partial charge in [-0.05, 0) is 66.6 Å². The third-order valence-electron chi connectivity index (χ3n) is 6.28. The van der Waals surface area contributed by atoms with E-state index >= 15 is 4.39 Å². The maximum absolute atomic E-state index is 15.0. The Morgan fingerprint density at radius 2 is 1.94 bits per heavy atom. The standard InChI is InChI=1S/C27H27FN4O3S/c1-6-18-20(28)9-8-16-11-17(35-13-34-5)12-19(22(16)18)25-15(4)24-23(21-10-14(3)31-32(21)25)26(33)30-27(29-24)36-7-2/h8-12H,6-7,13H2,1-5H3,(H,29,30,33). The molecule has 0 fully saturated rings.